The molecule has 0 radical (unpaired) electrons. The quantitative estimate of drug-likeness (QED) is 0.423. The third-order valence-electron chi connectivity index (χ3n) is 5.80. The van der Waals surface area contributed by atoms with Crippen molar-refractivity contribution in [2.24, 2.45) is 7.05 Å². The van der Waals surface area contributed by atoms with Crippen LogP contribution in [0.3, 0.4) is 0 Å². The molecule has 164 valence electrons. The fourth-order valence-electron chi connectivity index (χ4n) is 4.10. The van der Waals surface area contributed by atoms with Crippen LogP contribution in [0.5, 0.6) is 5.75 Å². The Morgan fingerprint density at radius 1 is 0.970 bits per heavy atom. The molecule has 0 aliphatic rings. The van der Waals surface area contributed by atoms with Crippen LogP contribution in [-0.2, 0) is 7.05 Å². The molecule has 33 heavy (non-hydrogen) atoms. The van der Waals surface area contributed by atoms with E-state index in [-0.39, 0.29) is 11.8 Å². The highest BCUT2D eigenvalue weighted by Gasteiger charge is 2.18. The highest BCUT2D eigenvalue weighted by atomic mass is 16.5. The summed E-state index contributed by atoms with van der Waals surface area (Å²) in [5, 5.41) is 8.97. The molecule has 0 atom stereocenters. The minimum Gasteiger partial charge on any atom is -0.497 e. The van der Waals surface area contributed by atoms with Crippen LogP contribution in [0, 0.1) is 0 Å². The number of nitrogens with zero attached hydrogens (tertiary/aromatic N) is 3. The lowest BCUT2D eigenvalue weighted by Gasteiger charge is -2.08. The number of nitrogens with one attached hydrogen (secondary N) is 1. The number of fused-ring (bicyclic) bond motifs is 2. The zero-order valence-electron chi connectivity index (χ0n) is 18.5. The maximum absolute atomic E-state index is 13.2. The SMILES string of the molecule is COc1ccc2c(c1)c(C(=O)Nc1cccc(-c3ccc4c(cnn4C)c3)c1)cn2C(C)=O. The van der Waals surface area contributed by atoms with Crippen molar-refractivity contribution in [1.82, 2.24) is 14.3 Å². The summed E-state index contributed by atoms with van der Waals surface area (Å²) < 4.78 is 8.62. The van der Waals surface area contributed by atoms with E-state index >= 15 is 0 Å². The van der Waals surface area contributed by atoms with Crippen molar-refractivity contribution in [2.75, 3.05) is 12.4 Å². The molecule has 1 N–H and O–H groups in total. The number of aromatic nitrogens is 3. The van der Waals surface area contributed by atoms with E-state index in [1.807, 2.05) is 54.3 Å². The van der Waals surface area contributed by atoms with E-state index in [0.717, 1.165) is 22.0 Å². The number of aryl methyl sites for hydroxylation is 1. The first kappa shape index (κ1) is 20.5. The van der Waals surface area contributed by atoms with Crippen LogP contribution in [0.1, 0.15) is 22.1 Å². The number of hydrogen-bond donors (Lipinski definition) is 1. The first-order chi connectivity index (χ1) is 15.9. The second-order valence-corrected chi connectivity index (χ2v) is 7.89. The minimum atomic E-state index is -0.298. The predicted molar refractivity (Wildman–Crippen MR) is 129 cm³/mol. The maximum Gasteiger partial charge on any atom is 0.257 e. The first-order valence-electron chi connectivity index (χ1n) is 10.5. The summed E-state index contributed by atoms with van der Waals surface area (Å²) in [7, 11) is 3.48. The lowest BCUT2D eigenvalue weighted by atomic mass is 10.0. The Morgan fingerprint density at radius 3 is 2.55 bits per heavy atom. The molecule has 0 fully saturated rings. The van der Waals surface area contributed by atoms with E-state index in [9.17, 15) is 9.59 Å². The second kappa shape index (κ2) is 7.94. The van der Waals surface area contributed by atoms with Crippen LogP contribution in [-0.4, -0.2) is 33.3 Å². The van der Waals surface area contributed by atoms with E-state index in [1.54, 1.807) is 31.5 Å². The highest BCUT2D eigenvalue weighted by molar-refractivity contribution is 6.14. The van der Waals surface area contributed by atoms with Gasteiger partial charge in [0.25, 0.3) is 5.91 Å². The number of anilines is 1. The molecule has 5 aromatic rings. The number of carbonyl (C=O) groups is 2. The number of hydrogen-bond acceptors (Lipinski definition) is 4. The average molecular weight is 438 g/mol. The molecule has 0 spiro atoms. The van der Waals surface area contributed by atoms with Crippen LogP contribution >= 0.6 is 0 Å². The molecule has 0 bridgehead atoms. The molecule has 3 aromatic carbocycles. The molecule has 2 heterocycles. The lowest BCUT2D eigenvalue weighted by Crippen LogP contribution is -2.12. The molecule has 5 rings (SSSR count). The Bertz CT molecular complexity index is 1540. The lowest BCUT2D eigenvalue weighted by molar-refractivity contribution is 0.0941. The fraction of sp³-hybridized carbons (Fsp3) is 0.115. The van der Waals surface area contributed by atoms with Gasteiger partial charge in [0, 0.05) is 36.6 Å². The highest BCUT2D eigenvalue weighted by Crippen LogP contribution is 2.29. The largest absolute Gasteiger partial charge is 0.497 e. The van der Waals surface area contributed by atoms with Crippen LogP contribution < -0.4 is 10.1 Å². The monoisotopic (exact) mass is 438 g/mol. The number of rotatable bonds is 4. The van der Waals surface area contributed by atoms with Crippen molar-refractivity contribution in [2.45, 2.75) is 6.92 Å². The molecule has 1 amide bonds. The standard InChI is InChI=1S/C26H22N4O3/c1-16(31)30-15-23(22-13-21(33-3)8-10-25(22)30)26(32)28-20-6-4-5-17(12-20)18-7-9-24-19(11-18)14-27-29(24)2/h4-15H,1-3H3,(H,28,32). The molecule has 7 nitrogen and oxygen atoms in total. The molecule has 0 saturated heterocycles. The summed E-state index contributed by atoms with van der Waals surface area (Å²) in [6.07, 6.45) is 3.41. The number of benzene rings is 3. The Kier molecular flexibility index (Phi) is 4.94. The van der Waals surface area contributed by atoms with Gasteiger partial charge in [0.1, 0.15) is 5.75 Å². The van der Waals surface area contributed by atoms with E-state index in [4.69, 9.17) is 4.74 Å². The van der Waals surface area contributed by atoms with E-state index in [0.29, 0.717) is 27.9 Å². The second-order valence-electron chi connectivity index (χ2n) is 7.89. The Balaban J connectivity index is 1.49. The Labute approximate surface area is 190 Å². The Morgan fingerprint density at radius 2 is 1.76 bits per heavy atom. The molecular formula is C26H22N4O3. The van der Waals surface area contributed by atoms with Gasteiger partial charge in [0.2, 0.25) is 5.91 Å². The smallest absolute Gasteiger partial charge is 0.257 e. The minimum absolute atomic E-state index is 0.169. The van der Waals surface area contributed by atoms with Crippen molar-refractivity contribution >= 4 is 39.3 Å². The number of ether oxygens (including phenoxy) is 1. The average Bonchev–Trinajstić information content (AvgIpc) is 3.39. The zero-order chi connectivity index (χ0) is 23.1. The first-order valence-corrected chi connectivity index (χ1v) is 10.5. The summed E-state index contributed by atoms with van der Waals surface area (Å²) in [4.78, 5) is 25.3. The number of carbonyl (C=O) groups excluding carboxylic acids is 2. The predicted octanol–water partition coefficient (Wildman–Crippen LogP) is 5.12. The van der Waals surface area contributed by atoms with Crippen molar-refractivity contribution in [3.05, 3.63) is 78.6 Å². The van der Waals surface area contributed by atoms with Gasteiger partial charge in [-0.1, -0.05) is 18.2 Å². The Hall–Kier alpha value is -4.39. The van der Waals surface area contributed by atoms with Gasteiger partial charge in [-0.3, -0.25) is 18.8 Å². The maximum atomic E-state index is 13.2. The van der Waals surface area contributed by atoms with E-state index < -0.39 is 0 Å². The summed E-state index contributed by atoms with van der Waals surface area (Å²) in [6.45, 7) is 1.47. The van der Waals surface area contributed by atoms with Crippen molar-refractivity contribution in [3.8, 4) is 16.9 Å². The van der Waals surface area contributed by atoms with Crippen molar-refractivity contribution in [1.29, 1.82) is 0 Å². The van der Waals surface area contributed by atoms with Crippen molar-refractivity contribution in [3.63, 3.8) is 0 Å². The third kappa shape index (κ3) is 3.63. The van der Waals surface area contributed by atoms with Gasteiger partial charge in [0.15, 0.2) is 0 Å². The van der Waals surface area contributed by atoms with Crippen LogP contribution in [0.2, 0.25) is 0 Å². The third-order valence-corrected chi connectivity index (χ3v) is 5.80. The van der Waals surface area contributed by atoms with Crippen molar-refractivity contribution < 1.29 is 14.3 Å². The fourth-order valence-corrected chi connectivity index (χ4v) is 4.10. The molecule has 0 aliphatic heterocycles. The zero-order valence-corrected chi connectivity index (χ0v) is 18.5. The van der Waals surface area contributed by atoms with Gasteiger partial charge in [-0.2, -0.15) is 5.10 Å². The molecule has 0 saturated carbocycles. The van der Waals surface area contributed by atoms with E-state index in [2.05, 4.69) is 16.5 Å². The summed E-state index contributed by atoms with van der Waals surface area (Å²) >= 11 is 0. The number of amides is 1. The van der Waals surface area contributed by atoms with Gasteiger partial charge >= 0.3 is 0 Å². The van der Waals surface area contributed by atoms with Gasteiger partial charge < -0.3 is 10.1 Å². The topological polar surface area (TPSA) is 78.2 Å². The molecular weight excluding hydrogens is 416 g/mol. The van der Waals surface area contributed by atoms with Crippen LogP contribution in [0.25, 0.3) is 32.9 Å². The van der Waals surface area contributed by atoms with E-state index in [1.165, 1.54) is 11.5 Å². The molecule has 7 heteroatoms. The molecule has 0 aliphatic carbocycles. The normalized spacial score (nSPS) is 11.1. The van der Waals surface area contributed by atoms with Gasteiger partial charge in [-0.05, 0) is 53.6 Å². The summed E-state index contributed by atoms with van der Waals surface area (Å²) in [5.74, 6) is 0.149. The summed E-state index contributed by atoms with van der Waals surface area (Å²) in [5.41, 5.74) is 4.79. The van der Waals surface area contributed by atoms with Gasteiger partial charge in [0.05, 0.1) is 29.9 Å². The summed E-state index contributed by atoms with van der Waals surface area (Å²) in [6, 6.07) is 19.1. The molecule has 2 aromatic heterocycles. The molecule has 0 unspecified atom stereocenters. The van der Waals surface area contributed by atoms with Crippen LogP contribution in [0.4, 0.5) is 5.69 Å². The number of methoxy groups -OCH3 is 1. The van der Waals surface area contributed by atoms with Crippen LogP contribution in [0.15, 0.2) is 73.1 Å². The van der Waals surface area contributed by atoms with Gasteiger partial charge in [-0.25, -0.2) is 0 Å². The van der Waals surface area contributed by atoms with Gasteiger partial charge in [-0.15, -0.1) is 0 Å².